The molecule has 0 aromatic heterocycles. The Morgan fingerprint density at radius 1 is 1.11 bits per heavy atom. The molecule has 0 rings (SSSR count). The maximum Gasteiger partial charge on any atom is 0.308 e. The minimum atomic E-state index is -0.317. The van der Waals surface area contributed by atoms with Crippen molar-refractivity contribution in [1.29, 1.82) is 0 Å². The van der Waals surface area contributed by atoms with Crippen LogP contribution < -0.4 is 0 Å². The maximum absolute atomic E-state index is 11.2. The van der Waals surface area contributed by atoms with Crippen LogP contribution in [0.4, 0.5) is 0 Å². The fraction of sp³-hybridized carbons (Fsp3) is 0.750. The van der Waals surface area contributed by atoms with E-state index in [4.69, 9.17) is 9.57 Å². The number of hydroxylamine groups is 2. The topological polar surface area (TPSA) is 72.9 Å². The van der Waals surface area contributed by atoms with Gasteiger partial charge in [-0.15, -0.1) is 0 Å². The van der Waals surface area contributed by atoms with E-state index in [9.17, 15) is 14.4 Å². The molecular formula is C12H21NO5. The van der Waals surface area contributed by atoms with Gasteiger partial charge < -0.3 is 4.74 Å². The van der Waals surface area contributed by atoms with E-state index >= 15 is 0 Å². The van der Waals surface area contributed by atoms with Gasteiger partial charge in [-0.05, 0) is 6.92 Å². The van der Waals surface area contributed by atoms with Gasteiger partial charge in [-0.1, -0.05) is 13.8 Å². The van der Waals surface area contributed by atoms with Gasteiger partial charge in [0.25, 0.3) is 0 Å². The average molecular weight is 259 g/mol. The van der Waals surface area contributed by atoms with Crippen LogP contribution in [-0.2, 0) is 24.0 Å². The molecule has 0 spiro atoms. The Bertz CT molecular complexity index is 301. The van der Waals surface area contributed by atoms with Gasteiger partial charge in [0.2, 0.25) is 5.91 Å². The van der Waals surface area contributed by atoms with E-state index in [0.717, 1.165) is 5.06 Å². The lowest BCUT2D eigenvalue weighted by Crippen LogP contribution is -2.33. The first-order chi connectivity index (χ1) is 8.34. The number of carbonyl (C=O) groups excluding carboxylic acids is 3. The highest BCUT2D eigenvalue weighted by Gasteiger charge is 2.12. The Balaban J connectivity index is 3.94. The molecule has 0 heterocycles. The lowest BCUT2D eigenvalue weighted by molar-refractivity contribution is -0.189. The summed E-state index contributed by atoms with van der Waals surface area (Å²) in [6.45, 7) is 6.64. The molecule has 0 saturated carbocycles. The number of nitrogens with zero attached hydrogens (tertiary/aromatic N) is 1. The van der Waals surface area contributed by atoms with E-state index in [0.29, 0.717) is 0 Å². The molecular weight excluding hydrogens is 238 g/mol. The van der Waals surface area contributed by atoms with E-state index in [-0.39, 0.29) is 49.8 Å². The summed E-state index contributed by atoms with van der Waals surface area (Å²) in [6.07, 6.45) is 0.246. The molecule has 0 aliphatic carbocycles. The predicted molar refractivity (Wildman–Crippen MR) is 64.4 cm³/mol. The van der Waals surface area contributed by atoms with Gasteiger partial charge in [0.15, 0.2) is 0 Å². The molecule has 0 saturated heterocycles. The molecule has 0 aromatic rings. The summed E-state index contributed by atoms with van der Waals surface area (Å²) < 4.78 is 4.93. The second-order valence-corrected chi connectivity index (χ2v) is 4.23. The van der Waals surface area contributed by atoms with Crippen molar-refractivity contribution in [3.05, 3.63) is 0 Å². The van der Waals surface area contributed by atoms with Gasteiger partial charge in [0.05, 0.1) is 19.1 Å². The number of ether oxygens (including phenoxy) is 1. The average Bonchev–Trinajstić information content (AvgIpc) is 2.25. The Morgan fingerprint density at radius 3 is 2.17 bits per heavy atom. The summed E-state index contributed by atoms with van der Waals surface area (Å²) in [4.78, 5) is 38.2. The third kappa shape index (κ3) is 7.78. The van der Waals surface area contributed by atoms with Crippen LogP contribution in [0.1, 0.15) is 34.1 Å². The van der Waals surface area contributed by atoms with Gasteiger partial charge in [0.1, 0.15) is 12.4 Å². The largest absolute Gasteiger partial charge is 0.463 e. The smallest absolute Gasteiger partial charge is 0.308 e. The SMILES string of the molecule is CC(=O)CCON(CCOC(=O)C(C)C)C(C)=O. The van der Waals surface area contributed by atoms with Crippen LogP contribution in [0.2, 0.25) is 0 Å². The summed E-state index contributed by atoms with van der Waals surface area (Å²) in [6, 6.07) is 0. The minimum Gasteiger partial charge on any atom is -0.463 e. The highest BCUT2D eigenvalue weighted by atomic mass is 16.7. The van der Waals surface area contributed by atoms with Crippen LogP contribution >= 0.6 is 0 Å². The van der Waals surface area contributed by atoms with E-state index in [1.807, 2.05) is 0 Å². The van der Waals surface area contributed by atoms with Crippen molar-refractivity contribution in [3.8, 4) is 0 Å². The van der Waals surface area contributed by atoms with Crippen LogP contribution in [-0.4, -0.2) is 42.5 Å². The van der Waals surface area contributed by atoms with Crippen molar-refractivity contribution >= 4 is 17.7 Å². The lowest BCUT2D eigenvalue weighted by atomic mass is 10.2. The molecule has 0 atom stereocenters. The molecule has 0 bridgehead atoms. The number of carbonyl (C=O) groups is 3. The molecule has 6 nitrogen and oxygen atoms in total. The fourth-order valence-corrected chi connectivity index (χ4v) is 1.01. The predicted octanol–water partition coefficient (Wildman–Crippen LogP) is 0.945. The van der Waals surface area contributed by atoms with Crippen LogP contribution in [0, 0.1) is 5.92 Å². The number of rotatable bonds is 8. The molecule has 0 fully saturated rings. The summed E-state index contributed by atoms with van der Waals surface area (Å²) in [5.74, 6) is -0.819. The summed E-state index contributed by atoms with van der Waals surface area (Å²) in [5, 5.41) is 1.09. The molecule has 0 aliphatic rings. The van der Waals surface area contributed by atoms with Gasteiger partial charge >= 0.3 is 5.97 Å². The highest BCUT2D eigenvalue weighted by molar-refractivity contribution is 5.75. The molecule has 0 aliphatic heterocycles. The van der Waals surface area contributed by atoms with Crippen molar-refractivity contribution in [2.45, 2.75) is 34.1 Å². The van der Waals surface area contributed by atoms with Crippen molar-refractivity contribution < 1.29 is 24.0 Å². The van der Waals surface area contributed by atoms with Gasteiger partial charge in [-0.2, -0.15) is 0 Å². The molecule has 18 heavy (non-hydrogen) atoms. The van der Waals surface area contributed by atoms with Gasteiger partial charge in [-0.3, -0.25) is 19.2 Å². The Kier molecular flexibility index (Phi) is 7.94. The number of hydrogen-bond acceptors (Lipinski definition) is 5. The number of ketones is 1. The number of Topliss-reactive ketones (excluding diaryl/α,β-unsaturated/α-hetero) is 1. The standard InChI is InChI=1S/C12H21NO5/c1-9(2)12(16)17-8-6-13(11(4)15)18-7-5-10(3)14/h9H,5-8H2,1-4H3. The Labute approximate surface area is 107 Å². The van der Waals surface area contributed by atoms with E-state index in [1.54, 1.807) is 13.8 Å². The molecule has 104 valence electrons. The highest BCUT2D eigenvalue weighted by Crippen LogP contribution is 1.98. The second kappa shape index (κ2) is 8.63. The monoisotopic (exact) mass is 259 g/mol. The Morgan fingerprint density at radius 2 is 1.72 bits per heavy atom. The second-order valence-electron chi connectivity index (χ2n) is 4.23. The zero-order valence-corrected chi connectivity index (χ0v) is 11.4. The normalized spacial score (nSPS) is 10.3. The molecule has 6 heteroatoms. The van der Waals surface area contributed by atoms with Crippen molar-refractivity contribution in [2.75, 3.05) is 19.8 Å². The molecule has 1 amide bonds. The van der Waals surface area contributed by atoms with Gasteiger partial charge in [-0.25, -0.2) is 5.06 Å². The maximum atomic E-state index is 11.2. The number of hydrogen-bond donors (Lipinski definition) is 0. The first-order valence-corrected chi connectivity index (χ1v) is 5.91. The third-order valence-electron chi connectivity index (χ3n) is 2.06. The third-order valence-corrected chi connectivity index (χ3v) is 2.06. The lowest BCUT2D eigenvalue weighted by Gasteiger charge is -2.20. The molecule has 0 aromatic carbocycles. The van der Waals surface area contributed by atoms with E-state index < -0.39 is 0 Å². The fourth-order valence-electron chi connectivity index (χ4n) is 1.01. The van der Waals surface area contributed by atoms with Crippen LogP contribution in [0.3, 0.4) is 0 Å². The summed E-state index contributed by atoms with van der Waals surface area (Å²) in [5.41, 5.74) is 0. The summed E-state index contributed by atoms with van der Waals surface area (Å²) in [7, 11) is 0. The quantitative estimate of drug-likeness (QED) is 0.479. The number of esters is 1. The summed E-state index contributed by atoms with van der Waals surface area (Å²) >= 11 is 0. The van der Waals surface area contributed by atoms with Crippen molar-refractivity contribution in [3.63, 3.8) is 0 Å². The van der Waals surface area contributed by atoms with Crippen LogP contribution in [0.5, 0.6) is 0 Å². The minimum absolute atomic E-state index is 0.00950. The van der Waals surface area contributed by atoms with Crippen molar-refractivity contribution in [2.24, 2.45) is 5.92 Å². The number of amides is 1. The van der Waals surface area contributed by atoms with E-state index in [1.165, 1.54) is 13.8 Å². The van der Waals surface area contributed by atoms with Crippen molar-refractivity contribution in [1.82, 2.24) is 5.06 Å². The first kappa shape index (κ1) is 16.6. The zero-order valence-electron chi connectivity index (χ0n) is 11.4. The van der Waals surface area contributed by atoms with Crippen LogP contribution in [0.15, 0.2) is 0 Å². The Hall–Kier alpha value is -1.43. The molecule has 0 N–H and O–H groups in total. The van der Waals surface area contributed by atoms with Crippen LogP contribution in [0.25, 0.3) is 0 Å². The van der Waals surface area contributed by atoms with E-state index in [2.05, 4.69) is 0 Å². The zero-order chi connectivity index (χ0) is 14.1. The first-order valence-electron chi connectivity index (χ1n) is 5.91. The molecule has 0 radical (unpaired) electrons. The van der Waals surface area contributed by atoms with Gasteiger partial charge in [0, 0.05) is 13.3 Å². The molecule has 0 unspecified atom stereocenters.